The largest absolute Gasteiger partial charge is 0.329 e. The molecule has 0 aliphatic rings. The number of hydrogen-bond acceptors (Lipinski definition) is 2. The summed E-state index contributed by atoms with van der Waals surface area (Å²) in [5.41, 5.74) is 8.98. The average Bonchev–Trinajstić information content (AvgIpc) is 2.42. The van der Waals surface area contributed by atoms with Gasteiger partial charge in [-0.2, -0.15) is 0 Å². The molecule has 0 saturated carbocycles. The zero-order valence-corrected chi connectivity index (χ0v) is 13.9. The van der Waals surface area contributed by atoms with Gasteiger partial charge in [0.25, 0.3) is 0 Å². The minimum Gasteiger partial charge on any atom is -0.329 e. The number of rotatable bonds is 7. The van der Waals surface area contributed by atoms with Crippen LogP contribution in [0.25, 0.3) is 0 Å². The van der Waals surface area contributed by atoms with Gasteiger partial charge in [-0.1, -0.05) is 65.3 Å². The number of nitrogens with zero attached hydrogens (tertiary/aromatic N) is 1. The summed E-state index contributed by atoms with van der Waals surface area (Å²) in [5.74, 6) is 0. The van der Waals surface area contributed by atoms with Crippen LogP contribution in [0.4, 0.5) is 0 Å². The van der Waals surface area contributed by atoms with Crippen molar-refractivity contribution in [1.29, 1.82) is 0 Å². The molecule has 0 bridgehead atoms. The first-order valence-electron chi connectivity index (χ1n) is 7.98. The van der Waals surface area contributed by atoms with Crippen molar-refractivity contribution in [2.24, 2.45) is 5.73 Å². The van der Waals surface area contributed by atoms with Crippen molar-refractivity contribution in [3.05, 3.63) is 35.4 Å². The minimum atomic E-state index is 0.212. The number of unbranched alkanes of at least 4 members (excludes halogenated alkanes) is 1. The Kier molecular flexibility index (Phi) is 6.70. The van der Waals surface area contributed by atoms with Gasteiger partial charge in [0.15, 0.2) is 0 Å². The standard InChI is InChI=1S/C18H32N2/c1-6-8-13-20(7-2)17(14-19)15-9-11-16(12-10-15)18(3,4)5/h9-12,17H,6-8,13-14,19H2,1-5H3. The highest BCUT2D eigenvalue weighted by Crippen LogP contribution is 2.26. The predicted octanol–water partition coefficient (Wildman–Crippen LogP) is 4.11. The summed E-state index contributed by atoms with van der Waals surface area (Å²) >= 11 is 0. The van der Waals surface area contributed by atoms with Crippen molar-refractivity contribution >= 4 is 0 Å². The predicted molar refractivity (Wildman–Crippen MR) is 89.1 cm³/mol. The van der Waals surface area contributed by atoms with E-state index >= 15 is 0 Å². The third-order valence-electron chi connectivity index (χ3n) is 4.03. The third kappa shape index (κ3) is 4.60. The highest BCUT2D eigenvalue weighted by atomic mass is 15.2. The molecule has 2 N–H and O–H groups in total. The SMILES string of the molecule is CCCCN(CC)C(CN)c1ccc(C(C)(C)C)cc1. The zero-order chi connectivity index (χ0) is 15.2. The number of nitrogens with two attached hydrogens (primary N) is 1. The second-order valence-electron chi connectivity index (χ2n) is 6.61. The molecular formula is C18H32N2. The van der Waals surface area contributed by atoms with Crippen LogP contribution in [0.3, 0.4) is 0 Å². The Morgan fingerprint density at radius 2 is 1.70 bits per heavy atom. The first-order chi connectivity index (χ1) is 9.43. The van der Waals surface area contributed by atoms with E-state index in [-0.39, 0.29) is 5.41 Å². The summed E-state index contributed by atoms with van der Waals surface area (Å²) in [6.45, 7) is 14.1. The fraction of sp³-hybridized carbons (Fsp3) is 0.667. The molecule has 1 aromatic carbocycles. The summed E-state index contributed by atoms with van der Waals surface area (Å²) in [6, 6.07) is 9.37. The summed E-state index contributed by atoms with van der Waals surface area (Å²) in [4.78, 5) is 2.50. The van der Waals surface area contributed by atoms with Crippen molar-refractivity contribution in [1.82, 2.24) is 4.90 Å². The summed E-state index contributed by atoms with van der Waals surface area (Å²) in [7, 11) is 0. The maximum Gasteiger partial charge on any atom is 0.0470 e. The van der Waals surface area contributed by atoms with Crippen molar-refractivity contribution in [3.8, 4) is 0 Å². The van der Waals surface area contributed by atoms with Crippen LogP contribution >= 0.6 is 0 Å². The molecule has 0 saturated heterocycles. The molecule has 114 valence electrons. The first kappa shape index (κ1) is 17.2. The molecular weight excluding hydrogens is 244 g/mol. The van der Waals surface area contributed by atoms with Gasteiger partial charge in [-0.05, 0) is 36.1 Å². The Bertz CT molecular complexity index is 375. The van der Waals surface area contributed by atoms with E-state index in [0.717, 1.165) is 13.1 Å². The fourth-order valence-electron chi connectivity index (χ4n) is 2.60. The Labute approximate surface area is 125 Å². The van der Waals surface area contributed by atoms with Crippen LogP contribution in [-0.2, 0) is 5.41 Å². The molecule has 0 heterocycles. The maximum absolute atomic E-state index is 6.04. The Balaban J connectivity index is 2.88. The third-order valence-corrected chi connectivity index (χ3v) is 4.03. The quantitative estimate of drug-likeness (QED) is 0.812. The van der Waals surface area contributed by atoms with Crippen LogP contribution in [0.5, 0.6) is 0 Å². The molecule has 2 nitrogen and oxygen atoms in total. The second kappa shape index (κ2) is 7.80. The van der Waals surface area contributed by atoms with Gasteiger partial charge in [-0.15, -0.1) is 0 Å². The normalized spacial score (nSPS) is 13.8. The van der Waals surface area contributed by atoms with E-state index in [1.54, 1.807) is 0 Å². The summed E-state index contributed by atoms with van der Waals surface area (Å²) < 4.78 is 0. The molecule has 0 aliphatic carbocycles. The Morgan fingerprint density at radius 1 is 1.10 bits per heavy atom. The van der Waals surface area contributed by atoms with Gasteiger partial charge in [-0.25, -0.2) is 0 Å². The van der Waals surface area contributed by atoms with Gasteiger partial charge >= 0.3 is 0 Å². The van der Waals surface area contributed by atoms with Crippen LogP contribution in [0.1, 0.15) is 64.6 Å². The van der Waals surface area contributed by atoms with Gasteiger partial charge < -0.3 is 5.73 Å². The molecule has 1 unspecified atom stereocenters. The highest BCUT2D eigenvalue weighted by Gasteiger charge is 2.18. The van der Waals surface area contributed by atoms with Crippen LogP contribution in [-0.4, -0.2) is 24.5 Å². The first-order valence-corrected chi connectivity index (χ1v) is 7.98. The van der Waals surface area contributed by atoms with Crippen LogP contribution in [0.15, 0.2) is 24.3 Å². The van der Waals surface area contributed by atoms with Gasteiger partial charge in [0, 0.05) is 12.6 Å². The molecule has 2 heteroatoms. The lowest BCUT2D eigenvalue weighted by atomic mass is 9.86. The van der Waals surface area contributed by atoms with Crippen molar-refractivity contribution in [2.45, 2.75) is 58.9 Å². The Hall–Kier alpha value is -0.860. The van der Waals surface area contributed by atoms with Gasteiger partial charge in [0.05, 0.1) is 0 Å². The highest BCUT2D eigenvalue weighted by molar-refractivity contribution is 5.29. The molecule has 0 amide bonds. The van der Waals surface area contributed by atoms with Crippen LogP contribution in [0, 0.1) is 0 Å². The van der Waals surface area contributed by atoms with E-state index in [1.165, 1.54) is 24.0 Å². The van der Waals surface area contributed by atoms with E-state index in [1.807, 2.05) is 0 Å². The molecule has 0 radical (unpaired) electrons. The Morgan fingerprint density at radius 3 is 2.10 bits per heavy atom. The van der Waals surface area contributed by atoms with Crippen LogP contribution < -0.4 is 5.73 Å². The van der Waals surface area contributed by atoms with E-state index in [9.17, 15) is 0 Å². The smallest absolute Gasteiger partial charge is 0.0470 e. The van der Waals surface area contributed by atoms with Crippen molar-refractivity contribution in [3.63, 3.8) is 0 Å². The minimum absolute atomic E-state index is 0.212. The zero-order valence-electron chi connectivity index (χ0n) is 13.9. The van der Waals surface area contributed by atoms with Gasteiger partial charge in [-0.3, -0.25) is 4.90 Å². The molecule has 1 aromatic rings. The molecule has 1 rings (SSSR count). The summed E-state index contributed by atoms with van der Waals surface area (Å²) in [5, 5.41) is 0. The topological polar surface area (TPSA) is 29.3 Å². The van der Waals surface area contributed by atoms with E-state index in [4.69, 9.17) is 5.73 Å². The number of hydrogen-bond donors (Lipinski definition) is 1. The number of benzene rings is 1. The van der Waals surface area contributed by atoms with Gasteiger partial charge in [0.1, 0.15) is 0 Å². The molecule has 0 spiro atoms. The molecule has 20 heavy (non-hydrogen) atoms. The molecule has 0 aliphatic heterocycles. The molecule has 0 fully saturated rings. The van der Waals surface area contributed by atoms with E-state index < -0.39 is 0 Å². The fourth-order valence-corrected chi connectivity index (χ4v) is 2.60. The molecule has 0 aromatic heterocycles. The van der Waals surface area contributed by atoms with Crippen LogP contribution in [0.2, 0.25) is 0 Å². The lowest BCUT2D eigenvalue weighted by Crippen LogP contribution is -2.34. The van der Waals surface area contributed by atoms with Crippen molar-refractivity contribution in [2.75, 3.05) is 19.6 Å². The maximum atomic E-state index is 6.04. The number of likely N-dealkylation sites (N-methyl/N-ethyl adjacent to an activating group) is 1. The lowest BCUT2D eigenvalue weighted by Gasteiger charge is -2.30. The average molecular weight is 276 g/mol. The monoisotopic (exact) mass is 276 g/mol. The molecule has 1 atom stereocenters. The summed E-state index contributed by atoms with van der Waals surface area (Å²) in [6.07, 6.45) is 2.47. The van der Waals surface area contributed by atoms with Gasteiger partial charge in [0.2, 0.25) is 0 Å². The van der Waals surface area contributed by atoms with E-state index in [2.05, 4.69) is 63.8 Å². The lowest BCUT2D eigenvalue weighted by molar-refractivity contribution is 0.209. The van der Waals surface area contributed by atoms with Crippen molar-refractivity contribution < 1.29 is 0 Å². The van der Waals surface area contributed by atoms with E-state index in [0.29, 0.717) is 12.6 Å². The second-order valence-corrected chi connectivity index (χ2v) is 6.61.